The third-order valence-electron chi connectivity index (χ3n) is 4.04. The maximum atomic E-state index is 12.6. The molecule has 128 valence electrons. The first kappa shape index (κ1) is 17.7. The molecule has 1 aliphatic rings. The molecule has 1 atom stereocenters. The standard InChI is InChI=1S/C15H23N3O4S/c1-16-14(19)18-10-8-15(12-18,9-11-22-2)17-23(20,21)13-6-4-3-5-7-13/h3-7,17H,8-12H2,1-2H3,(H,16,19). The van der Waals surface area contributed by atoms with E-state index in [-0.39, 0.29) is 10.9 Å². The zero-order valence-corrected chi connectivity index (χ0v) is 14.2. The van der Waals surface area contributed by atoms with E-state index < -0.39 is 15.6 Å². The molecule has 0 spiro atoms. The van der Waals surface area contributed by atoms with Crippen molar-refractivity contribution in [2.45, 2.75) is 23.3 Å². The van der Waals surface area contributed by atoms with Gasteiger partial charge in [-0.25, -0.2) is 17.9 Å². The van der Waals surface area contributed by atoms with E-state index in [4.69, 9.17) is 4.74 Å². The third kappa shape index (κ3) is 4.21. The molecule has 1 unspecified atom stereocenters. The molecule has 1 aliphatic heterocycles. The molecule has 0 aromatic heterocycles. The quantitative estimate of drug-likeness (QED) is 0.801. The van der Waals surface area contributed by atoms with Crippen LogP contribution in [0.2, 0.25) is 0 Å². The van der Waals surface area contributed by atoms with Gasteiger partial charge in [0.05, 0.1) is 10.4 Å². The molecule has 7 nitrogen and oxygen atoms in total. The van der Waals surface area contributed by atoms with Crippen LogP contribution < -0.4 is 10.0 Å². The lowest BCUT2D eigenvalue weighted by molar-refractivity contribution is 0.161. The number of carbonyl (C=O) groups excluding carboxylic acids is 1. The molecule has 0 saturated carbocycles. The predicted molar refractivity (Wildman–Crippen MR) is 86.6 cm³/mol. The van der Waals surface area contributed by atoms with Crippen LogP contribution in [0.3, 0.4) is 0 Å². The Kier molecular flexibility index (Phi) is 5.61. The molecule has 1 heterocycles. The summed E-state index contributed by atoms with van der Waals surface area (Å²) in [6.45, 7) is 1.24. The number of ether oxygens (including phenoxy) is 1. The van der Waals surface area contributed by atoms with Crippen LogP contribution in [0.25, 0.3) is 0 Å². The first-order valence-corrected chi connectivity index (χ1v) is 8.95. The van der Waals surface area contributed by atoms with Crippen molar-refractivity contribution in [1.82, 2.24) is 14.9 Å². The monoisotopic (exact) mass is 341 g/mol. The zero-order chi connectivity index (χ0) is 16.9. The lowest BCUT2D eigenvalue weighted by Gasteiger charge is -2.30. The maximum Gasteiger partial charge on any atom is 0.317 e. The van der Waals surface area contributed by atoms with Gasteiger partial charge >= 0.3 is 6.03 Å². The molecule has 0 radical (unpaired) electrons. The van der Waals surface area contributed by atoms with Crippen molar-refractivity contribution < 1.29 is 17.9 Å². The third-order valence-corrected chi connectivity index (χ3v) is 5.64. The Labute approximate surface area is 137 Å². The van der Waals surface area contributed by atoms with Crippen molar-refractivity contribution in [3.8, 4) is 0 Å². The highest BCUT2D eigenvalue weighted by Crippen LogP contribution is 2.27. The average Bonchev–Trinajstić information content (AvgIpc) is 2.97. The molecule has 1 aromatic carbocycles. The van der Waals surface area contributed by atoms with E-state index in [0.29, 0.717) is 32.5 Å². The minimum atomic E-state index is -3.65. The van der Waals surface area contributed by atoms with Crippen LogP contribution in [0.4, 0.5) is 4.79 Å². The first-order chi connectivity index (χ1) is 10.9. The van der Waals surface area contributed by atoms with Crippen molar-refractivity contribution in [2.24, 2.45) is 0 Å². The fourth-order valence-corrected chi connectivity index (χ4v) is 4.26. The summed E-state index contributed by atoms with van der Waals surface area (Å²) < 4.78 is 33.2. The largest absolute Gasteiger partial charge is 0.385 e. The van der Waals surface area contributed by atoms with Crippen molar-refractivity contribution in [3.63, 3.8) is 0 Å². The molecule has 1 aromatic rings. The van der Waals surface area contributed by atoms with Crippen molar-refractivity contribution in [3.05, 3.63) is 30.3 Å². The fourth-order valence-electron chi connectivity index (χ4n) is 2.78. The number of methoxy groups -OCH3 is 1. The van der Waals surface area contributed by atoms with Gasteiger partial charge in [0.15, 0.2) is 0 Å². The lowest BCUT2D eigenvalue weighted by Crippen LogP contribution is -2.52. The van der Waals surface area contributed by atoms with Crippen LogP contribution in [0.1, 0.15) is 12.8 Å². The number of hydrogen-bond acceptors (Lipinski definition) is 4. The second-order valence-electron chi connectivity index (χ2n) is 5.67. The Morgan fingerprint density at radius 2 is 2.04 bits per heavy atom. The summed E-state index contributed by atoms with van der Waals surface area (Å²) in [5.41, 5.74) is -0.711. The van der Waals surface area contributed by atoms with Gasteiger partial charge in [0.1, 0.15) is 0 Å². The van der Waals surface area contributed by atoms with Crippen LogP contribution in [0.5, 0.6) is 0 Å². The molecule has 1 fully saturated rings. The van der Waals surface area contributed by atoms with Gasteiger partial charge in [-0.15, -0.1) is 0 Å². The van der Waals surface area contributed by atoms with E-state index in [0.717, 1.165) is 0 Å². The number of nitrogens with one attached hydrogen (secondary N) is 2. The molecule has 0 bridgehead atoms. The second-order valence-corrected chi connectivity index (χ2v) is 7.35. The highest BCUT2D eigenvalue weighted by Gasteiger charge is 2.42. The number of urea groups is 1. The Bertz CT molecular complexity index is 635. The van der Waals surface area contributed by atoms with E-state index in [1.165, 1.54) is 0 Å². The van der Waals surface area contributed by atoms with Crippen LogP contribution in [-0.4, -0.2) is 58.7 Å². The highest BCUT2D eigenvalue weighted by atomic mass is 32.2. The Balaban J connectivity index is 2.21. The summed E-state index contributed by atoms with van der Waals surface area (Å²) >= 11 is 0. The number of carbonyl (C=O) groups is 1. The van der Waals surface area contributed by atoms with Gasteiger partial charge in [0.25, 0.3) is 0 Å². The normalized spacial score (nSPS) is 21.4. The number of hydrogen-bond donors (Lipinski definition) is 2. The SMILES string of the molecule is CNC(=O)N1CCC(CCOC)(NS(=O)(=O)c2ccccc2)C1. The highest BCUT2D eigenvalue weighted by molar-refractivity contribution is 7.89. The molecular formula is C15H23N3O4S. The van der Waals surface area contributed by atoms with Crippen LogP contribution >= 0.6 is 0 Å². The lowest BCUT2D eigenvalue weighted by atomic mass is 9.96. The van der Waals surface area contributed by atoms with E-state index in [2.05, 4.69) is 10.0 Å². The van der Waals surface area contributed by atoms with Crippen LogP contribution in [0.15, 0.2) is 35.2 Å². The number of benzene rings is 1. The van der Waals surface area contributed by atoms with Gasteiger partial charge in [-0.05, 0) is 25.0 Å². The number of amides is 2. The summed E-state index contributed by atoms with van der Waals surface area (Å²) in [6, 6.07) is 8.03. The number of sulfonamides is 1. The van der Waals surface area contributed by atoms with Crippen LogP contribution in [-0.2, 0) is 14.8 Å². The van der Waals surface area contributed by atoms with E-state index >= 15 is 0 Å². The smallest absolute Gasteiger partial charge is 0.317 e. The summed E-state index contributed by atoms with van der Waals surface area (Å²) in [6.07, 6.45) is 1.05. The second kappa shape index (κ2) is 7.29. The first-order valence-electron chi connectivity index (χ1n) is 7.47. The maximum absolute atomic E-state index is 12.6. The van der Waals surface area contributed by atoms with E-state index in [1.54, 1.807) is 49.4 Å². The Morgan fingerprint density at radius 1 is 1.35 bits per heavy atom. The van der Waals surface area contributed by atoms with Gasteiger partial charge in [0, 0.05) is 33.9 Å². The fraction of sp³-hybridized carbons (Fsp3) is 0.533. The molecular weight excluding hydrogens is 318 g/mol. The minimum absolute atomic E-state index is 0.205. The minimum Gasteiger partial charge on any atom is -0.385 e. The van der Waals surface area contributed by atoms with E-state index in [1.807, 2.05) is 0 Å². The van der Waals surface area contributed by atoms with Gasteiger partial charge in [0.2, 0.25) is 10.0 Å². The number of likely N-dealkylation sites (tertiary alicyclic amines) is 1. The van der Waals surface area contributed by atoms with Gasteiger partial charge in [-0.2, -0.15) is 0 Å². The van der Waals surface area contributed by atoms with Gasteiger partial charge < -0.3 is 15.0 Å². The van der Waals surface area contributed by atoms with Crippen molar-refractivity contribution in [2.75, 3.05) is 33.9 Å². The molecule has 1 saturated heterocycles. The molecule has 2 N–H and O–H groups in total. The molecule has 2 amide bonds. The van der Waals surface area contributed by atoms with Crippen LogP contribution in [0, 0.1) is 0 Å². The van der Waals surface area contributed by atoms with Gasteiger partial charge in [-0.3, -0.25) is 0 Å². The summed E-state index contributed by atoms with van der Waals surface area (Å²) in [5.74, 6) is 0. The molecule has 8 heteroatoms. The summed E-state index contributed by atoms with van der Waals surface area (Å²) in [4.78, 5) is 13.6. The number of rotatable bonds is 6. The topological polar surface area (TPSA) is 87.7 Å². The predicted octanol–water partition coefficient (Wildman–Crippen LogP) is 0.785. The molecule has 23 heavy (non-hydrogen) atoms. The average molecular weight is 341 g/mol. The van der Waals surface area contributed by atoms with E-state index in [9.17, 15) is 13.2 Å². The summed E-state index contributed by atoms with van der Waals surface area (Å²) in [7, 11) is -0.517. The summed E-state index contributed by atoms with van der Waals surface area (Å²) in [5, 5.41) is 2.57. The van der Waals surface area contributed by atoms with Crippen molar-refractivity contribution in [1.29, 1.82) is 0 Å². The zero-order valence-electron chi connectivity index (χ0n) is 13.4. The Morgan fingerprint density at radius 3 is 2.65 bits per heavy atom. The molecule has 0 aliphatic carbocycles. The van der Waals surface area contributed by atoms with Gasteiger partial charge in [-0.1, -0.05) is 18.2 Å². The number of nitrogens with zero attached hydrogens (tertiary/aromatic N) is 1. The molecule has 2 rings (SSSR count). The Hall–Kier alpha value is -1.64. The van der Waals surface area contributed by atoms with Crippen molar-refractivity contribution >= 4 is 16.1 Å².